The van der Waals surface area contributed by atoms with E-state index in [0.29, 0.717) is 35.5 Å². The number of carbonyl (C=O) groups is 3. The Morgan fingerprint density at radius 1 is 0.692 bits per heavy atom. The maximum Gasteiger partial charge on any atom is 0.150 e. The summed E-state index contributed by atoms with van der Waals surface area (Å²) in [6.07, 6.45) is 1.79. The fourth-order valence-electron chi connectivity index (χ4n) is 0.906. The lowest BCUT2D eigenvalue weighted by molar-refractivity contribution is 0.112. The first-order chi connectivity index (χ1) is 5.80. The molecule has 3 nitrogen and oxygen atoms in total. The van der Waals surface area contributed by atoms with Crippen LogP contribution in [0.5, 0.6) is 0 Å². The summed E-state index contributed by atoms with van der Waals surface area (Å²) in [6, 6.07) is 4.27. The van der Waals surface area contributed by atoms with Gasteiger partial charge in [0.15, 0.2) is 0 Å². The molecule has 0 unspecified atom stereocenters. The molecule has 0 N–H and O–H groups in total. The van der Waals surface area contributed by atoms with Gasteiger partial charge in [0.1, 0.15) is 18.9 Å². The molecule has 0 bridgehead atoms. The number of rotatable bonds is 3. The van der Waals surface area contributed by atoms with Crippen LogP contribution in [-0.4, -0.2) is 18.9 Å². The van der Waals surface area contributed by atoms with E-state index >= 15 is 0 Å². The van der Waals surface area contributed by atoms with Crippen LogP contribution in [0.2, 0.25) is 0 Å². The van der Waals surface area contributed by atoms with Crippen LogP contribution in [0.3, 0.4) is 0 Å². The maximum atomic E-state index is 10.3. The zero-order valence-corrected chi connectivity index (χ0v) is 6.19. The minimum Gasteiger partial charge on any atom is -0.298 e. The summed E-state index contributed by atoms with van der Waals surface area (Å²) < 4.78 is 0. The molecule has 0 amide bonds. The highest BCUT2D eigenvalue weighted by Crippen LogP contribution is 2.05. The molecule has 13 heavy (non-hydrogen) atoms. The molecule has 0 spiro atoms. The highest BCUT2D eigenvalue weighted by molar-refractivity contribution is 5.87. The second kappa shape index (κ2) is 4.98. The van der Waals surface area contributed by atoms with Gasteiger partial charge in [-0.25, -0.2) is 0 Å². The summed E-state index contributed by atoms with van der Waals surface area (Å²) in [5, 5.41) is 0. The molecule has 0 atom stereocenters. The molecule has 1 rings (SSSR count). The second-order valence-corrected chi connectivity index (χ2v) is 2.29. The Bertz CT molecular complexity index is 264. The smallest absolute Gasteiger partial charge is 0.150 e. The molecule has 0 saturated heterocycles. The first-order valence-electron chi connectivity index (χ1n) is 3.31. The Balaban J connectivity index is 0.00000144. The summed E-state index contributed by atoms with van der Waals surface area (Å²) in [6.45, 7) is 0. The van der Waals surface area contributed by atoms with Crippen molar-refractivity contribution >= 4 is 18.9 Å². The SMILES string of the molecule is C.O=Cc1cc(C=O)cc(C=O)c1. The van der Waals surface area contributed by atoms with Gasteiger partial charge in [-0.15, -0.1) is 0 Å². The van der Waals surface area contributed by atoms with Gasteiger partial charge < -0.3 is 0 Å². The fraction of sp³-hybridized carbons (Fsp3) is 0.100. The van der Waals surface area contributed by atoms with Gasteiger partial charge in [-0.05, 0) is 18.2 Å². The van der Waals surface area contributed by atoms with Crippen LogP contribution in [-0.2, 0) is 0 Å². The Labute approximate surface area is 76.4 Å². The molecule has 0 radical (unpaired) electrons. The minimum absolute atomic E-state index is 0. The third-order valence-electron chi connectivity index (χ3n) is 1.41. The van der Waals surface area contributed by atoms with Crippen LogP contribution < -0.4 is 0 Å². The van der Waals surface area contributed by atoms with Crippen LogP contribution in [0.15, 0.2) is 18.2 Å². The van der Waals surface area contributed by atoms with Crippen molar-refractivity contribution in [3.63, 3.8) is 0 Å². The average molecular weight is 178 g/mol. The van der Waals surface area contributed by atoms with Crippen molar-refractivity contribution in [1.82, 2.24) is 0 Å². The van der Waals surface area contributed by atoms with Crippen LogP contribution >= 0.6 is 0 Å². The van der Waals surface area contributed by atoms with Crippen LogP contribution in [0, 0.1) is 0 Å². The van der Waals surface area contributed by atoms with Crippen molar-refractivity contribution in [2.45, 2.75) is 7.43 Å². The van der Waals surface area contributed by atoms with E-state index in [0.717, 1.165) is 0 Å². The van der Waals surface area contributed by atoms with E-state index in [2.05, 4.69) is 0 Å². The normalized spacial score (nSPS) is 8.31. The van der Waals surface area contributed by atoms with E-state index in [1.165, 1.54) is 18.2 Å². The second-order valence-electron chi connectivity index (χ2n) is 2.29. The van der Waals surface area contributed by atoms with Gasteiger partial charge in [-0.1, -0.05) is 7.43 Å². The monoisotopic (exact) mass is 178 g/mol. The molecule has 0 aliphatic rings. The van der Waals surface area contributed by atoms with Gasteiger partial charge in [-0.3, -0.25) is 14.4 Å². The largest absolute Gasteiger partial charge is 0.298 e. The number of hydrogen-bond acceptors (Lipinski definition) is 3. The Kier molecular flexibility index (Phi) is 4.30. The van der Waals surface area contributed by atoms with Crippen molar-refractivity contribution in [3.05, 3.63) is 34.9 Å². The standard InChI is InChI=1S/C9H6O3.CH4/c10-4-7-1-8(5-11)3-9(2-7)6-12;/h1-6H;1H4. The zero-order valence-electron chi connectivity index (χ0n) is 6.19. The van der Waals surface area contributed by atoms with Gasteiger partial charge in [-0.2, -0.15) is 0 Å². The lowest BCUT2D eigenvalue weighted by atomic mass is 10.1. The third-order valence-corrected chi connectivity index (χ3v) is 1.41. The number of hydrogen-bond donors (Lipinski definition) is 0. The third kappa shape index (κ3) is 2.63. The summed E-state index contributed by atoms with van der Waals surface area (Å²) >= 11 is 0. The lowest BCUT2D eigenvalue weighted by Crippen LogP contribution is -1.89. The van der Waals surface area contributed by atoms with Crippen molar-refractivity contribution < 1.29 is 14.4 Å². The van der Waals surface area contributed by atoms with Crippen LogP contribution in [0.4, 0.5) is 0 Å². The average Bonchev–Trinajstić information content (AvgIpc) is 2.16. The Morgan fingerprint density at radius 2 is 0.923 bits per heavy atom. The molecular weight excluding hydrogens is 168 g/mol. The highest BCUT2D eigenvalue weighted by atomic mass is 16.1. The first-order valence-corrected chi connectivity index (χ1v) is 3.31. The number of aldehydes is 3. The molecule has 1 aromatic rings. The molecule has 0 aromatic heterocycles. The van der Waals surface area contributed by atoms with Gasteiger partial charge in [0.25, 0.3) is 0 Å². The van der Waals surface area contributed by atoms with Gasteiger partial charge in [0.05, 0.1) is 0 Å². The van der Waals surface area contributed by atoms with Crippen molar-refractivity contribution in [2.24, 2.45) is 0 Å². The number of benzene rings is 1. The van der Waals surface area contributed by atoms with E-state index in [9.17, 15) is 14.4 Å². The predicted octanol–water partition coefficient (Wildman–Crippen LogP) is 1.76. The summed E-state index contributed by atoms with van der Waals surface area (Å²) in [5.41, 5.74) is 1.00. The minimum atomic E-state index is 0. The molecule has 0 fully saturated rings. The maximum absolute atomic E-state index is 10.3. The van der Waals surface area contributed by atoms with E-state index in [1.54, 1.807) is 0 Å². The van der Waals surface area contributed by atoms with Gasteiger partial charge in [0, 0.05) is 16.7 Å². The summed E-state index contributed by atoms with van der Waals surface area (Å²) in [4.78, 5) is 30.9. The quantitative estimate of drug-likeness (QED) is 0.662. The highest BCUT2D eigenvalue weighted by Gasteiger charge is 1.98. The molecule has 0 aliphatic heterocycles. The van der Waals surface area contributed by atoms with Crippen LogP contribution in [0.1, 0.15) is 38.5 Å². The van der Waals surface area contributed by atoms with E-state index in [1.807, 2.05) is 0 Å². The van der Waals surface area contributed by atoms with Crippen LogP contribution in [0.25, 0.3) is 0 Å². The molecular formula is C10H10O3. The Morgan fingerprint density at radius 3 is 1.08 bits per heavy atom. The van der Waals surface area contributed by atoms with E-state index < -0.39 is 0 Å². The van der Waals surface area contributed by atoms with Crippen molar-refractivity contribution in [1.29, 1.82) is 0 Å². The first kappa shape index (κ1) is 11.2. The molecule has 3 heteroatoms. The lowest BCUT2D eigenvalue weighted by Gasteiger charge is -1.94. The fourth-order valence-corrected chi connectivity index (χ4v) is 0.906. The molecule has 68 valence electrons. The molecule has 0 heterocycles. The summed E-state index contributed by atoms with van der Waals surface area (Å²) in [5.74, 6) is 0. The molecule has 1 aromatic carbocycles. The topological polar surface area (TPSA) is 51.2 Å². The number of carbonyl (C=O) groups excluding carboxylic acids is 3. The molecule has 0 aliphatic carbocycles. The van der Waals surface area contributed by atoms with E-state index in [4.69, 9.17) is 0 Å². The van der Waals surface area contributed by atoms with Gasteiger partial charge in [0.2, 0.25) is 0 Å². The predicted molar refractivity (Wildman–Crippen MR) is 49.3 cm³/mol. The molecule has 0 saturated carbocycles. The zero-order chi connectivity index (χ0) is 8.97. The van der Waals surface area contributed by atoms with Crippen molar-refractivity contribution in [2.75, 3.05) is 0 Å². The summed E-state index contributed by atoms with van der Waals surface area (Å²) in [7, 11) is 0. The van der Waals surface area contributed by atoms with Gasteiger partial charge >= 0.3 is 0 Å². The van der Waals surface area contributed by atoms with E-state index in [-0.39, 0.29) is 7.43 Å². The van der Waals surface area contributed by atoms with Crippen molar-refractivity contribution in [3.8, 4) is 0 Å². The Hall–Kier alpha value is -1.77.